The number of nitrogens with zero attached hydrogens (tertiary/aromatic N) is 3. The van der Waals surface area contributed by atoms with Crippen molar-refractivity contribution in [3.8, 4) is 23.1 Å². The van der Waals surface area contributed by atoms with Gasteiger partial charge in [0, 0.05) is 72.1 Å². The van der Waals surface area contributed by atoms with E-state index >= 15 is 0 Å². The van der Waals surface area contributed by atoms with E-state index in [1.54, 1.807) is 0 Å². The summed E-state index contributed by atoms with van der Waals surface area (Å²) < 4.78 is 11.4. The van der Waals surface area contributed by atoms with Crippen LogP contribution in [-0.4, -0.2) is 78.2 Å². The number of aromatic amines is 1. The fourth-order valence-corrected chi connectivity index (χ4v) is 5.66. The van der Waals surface area contributed by atoms with Crippen LogP contribution in [0.1, 0.15) is 30.4 Å². The average Bonchev–Trinajstić information content (AvgIpc) is 3.36. The molecule has 0 aliphatic carbocycles. The van der Waals surface area contributed by atoms with Crippen LogP contribution in [0.5, 0.6) is 0 Å². The summed E-state index contributed by atoms with van der Waals surface area (Å²) in [6.45, 7) is 5.94. The first-order valence-electron chi connectivity index (χ1n) is 12.7. The zero-order valence-electron chi connectivity index (χ0n) is 20.0. The van der Waals surface area contributed by atoms with Crippen LogP contribution in [0.15, 0.2) is 36.5 Å². The van der Waals surface area contributed by atoms with E-state index in [2.05, 4.69) is 57.0 Å². The number of H-pyrrole nitrogens is 1. The minimum absolute atomic E-state index is 0.0709. The van der Waals surface area contributed by atoms with Gasteiger partial charge in [-0.3, -0.25) is 4.90 Å². The molecule has 0 spiro atoms. The number of pyridine rings is 1. The number of hydrogen-bond donors (Lipinski definition) is 2. The molecule has 2 bridgehead atoms. The van der Waals surface area contributed by atoms with Gasteiger partial charge in [0.25, 0.3) is 0 Å². The molecule has 7 heteroatoms. The number of aliphatic hydroxyl groups is 1. The standard InChI is InChI=1S/C28H32N4O3/c33-11-2-1-4-20-14-25-26(17-32-23-7-8-24(32)19-35-18-23)27(30-28(25)29-16-20)21-5-3-6-22(15-21)31-9-12-34-13-10-31/h3,5-6,14-16,23-24,33H,2,7-13,17-19H2,(H,29,30). The Hall–Kier alpha value is -2.89. The van der Waals surface area contributed by atoms with Crippen LogP contribution in [-0.2, 0) is 16.0 Å². The Labute approximate surface area is 206 Å². The molecular weight excluding hydrogens is 440 g/mol. The van der Waals surface area contributed by atoms with Gasteiger partial charge in [0.2, 0.25) is 0 Å². The number of anilines is 1. The number of fused-ring (bicyclic) bond motifs is 3. The predicted molar refractivity (Wildman–Crippen MR) is 136 cm³/mol. The molecule has 0 radical (unpaired) electrons. The van der Waals surface area contributed by atoms with Crippen LogP contribution >= 0.6 is 0 Å². The summed E-state index contributed by atoms with van der Waals surface area (Å²) in [5.41, 5.74) is 6.58. The van der Waals surface area contributed by atoms with Crippen molar-refractivity contribution in [1.82, 2.24) is 14.9 Å². The predicted octanol–water partition coefficient (Wildman–Crippen LogP) is 3.16. The molecule has 6 rings (SSSR count). The molecule has 0 saturated carbocycles. The quantitative estimate of drug-likeness (QED) is 0.556. The van der Waals surface area contributed by atoms with E-state index in [9.17, 15) is 0 Å². The number of hydrogen-bond acceptors (Lipinski definition) is 6. The fourth-order valence-electron chi connectivity index (χ4n) is 5.66. The van der Waals surface area contributed by atoms with Crippen molar-refractivity contribution in [2.24, 2.45) is 0 Å². The van der Waals surface area contributed by atoms with E-state index in [1.165, 1.54) is 29.7 Å². The van der Waals surface area contributed by atoms with Gasteiger partial charge in [-0.15, -0.1) is 0 Å². The van der Waals surface area contributed by atoms with Crippen LogP contribution in [0.4, 0.5) is 5.69 Å². The Kier molecular flexibility index (Phi) is 6.45. The lowest BCUT2D eigenvalue weighted by Crippen LogP contribution is -2.45. The van der Waals surface area contributed by atoms with Crippen molar-refractivity contribution >= 4 is 16.7 Å². The zero-order valence-corrected chi connectivity index (χ0v) is 20.0. The van der Waals surface area contributed by atoms with E-state index in [0.717, 1.165) is 68.4 Å². The summed E-state index contributed by atoms with van der Waals surface area (Å²) in [5, 5.41) is 10.2. The van der Waals surface area contributed by atoms with Crippen LogP contribution in [0.2, 0.25) is 0 Å². The Morgan fingerprint density at radius 3 is 2.71 bits per heavy atom. The van der Waals surface area contributed by atoms with Crippen molar-refractivity contribution in [2.75, 3.05) is 51.0 Å². The highest BCUT2D eigenvalue weighted by Gasteiger charge is 2.38. The number of aromatic nitrogens is 2. The summed E-state index contributed by atoms with van der Waals surface area (Å²) in [5.74, 6) is 6.19. The maximum Gasteiger partial charge on any atom is 0.138 e. The van der Waals surface area contributed by atoms with Gasteiger partial charge in [0.15, 0.2) is 0 Å². The van der Waals surface area contributed by atoms with Gasteiger partial charge < -0.3 is 24.5 Å². The SMILES string of the molecule is OCCC#Cc1cnc2[nH]c(-c3cccc(N4CCOCC4)c3)c(CN3C4CCC3COC4)c2c1. The maximum atomic E-state index is 9.09. The smallest absolute Gasteiger partial charge is 0.138 e. The number of aliphatic hydroxyl groups excluding tert-OH is 1. The third-order valence-electron chi connectivity index (χ3n) is 7.47. The van der Waals surface area contributed by atoms with Gasteiger partial charge in [0.1, 0.15) is 5.65 Å². The lowest BCUT2D eigenvalue weighted by atomic mass is 10.0. The summed E-state index contributed by atoms with van der Waals surface area (Å²) in [7, 11) is 0. The second-order valence-corrected chi connectivity index (χ2v) is 9.62. The van der Waals surface area contributed by atoms with Crippen molar-refractivity contribution in [1.29, 1.82) is 0 Å². The van der Waals surface area contributed by atoms with Crippen molar-refractivity contribution in [3.05, 3.63) is 47.7 Å². The van der Waals surface area contributed by atoms with Gasteiger partial charge in [-0.05, 0) is 31.0 Å². The molecule has 7 nitrogen and oxygen atoms in total. The third kappa shape index (κ3) is 4.55. The molecule has 35 heavy (non-hydrogen) atoms. The Morgan fingerprint density at radius 2 is 1.91 bits per heavy atom. The lowest BCUT2D eigenvalue weighted by molar-refractivity contribution is -0.0184. The molecule has 2 N–H and O–H groups in total. The minimum Gasteiger partial charge on any atom is -0.395 e. The Bertz CT molecular complexity index is 1240. The molecule has 3 aliphatic heterocycles. The summed E-state index contributed by atoms with van der Waals surface area (Å²) in [6, 6.07) is 11.9. The summed E-state index contributed by atoms with van der Waals surface area (Å²) in [6.07, 6.45) is 4.68. The number of nitrogens with one attached hydrogen (secondary N) is 1. The molecular formula is C28H32N4O3. The normalized spacial score (nSPS) is 22.4. The number of benzene rings is 1. The van der Waals surface area contributed by atoms with Gasteiger partial charge in [0.05, 0.1) is 38.7 Å². The van der Waals surface area contributed by atoms with E-state index in [0.29, 0.717) is 18.5 Å². The van der Waals surface area contributed by atoms with Crippen molar-refractivity contribution in [3.63, 3.8) is 0 Å². The second kappa shape index (κ2) is 10.00. The van der Waals surface area contributed by atoms with Crippen LogP contribution in [0.3, 0.4) is 0 Å². The van der Waals surface area contributed by atoms with E-state index in [4.69, 9.17) is 19.6 Å². The van der Waals surface area contributed by atoms with Crippen molar-refractivity contribution < 1.29 is 14.6 Å². The molecule has 3 fully saturated rings. The zero-order chi connectivity index (χ0) is 23.6. The largest absolute Gasteiger partial charge is 0.395 e. The fraction of sp³-hybridized carbons (Fsp3) is 0.464. The Balaban J connectivity index is 1.42. The van der Waals surface area contributed by atoms with Gasteiger partial charge in [-0.2, -0.15) is 0 Å². The van der Waals surface area contributed by atoms with Crippen LogP contribution in [0.25, 0.3) is 22.3 Å². The van der Waals surface area contributed by atoms with Crippen LogP contribution in [0, 0.1) is 11.8 Å². The van der Waals surface area contributed by atoms with E-state index < -0.39 is 0 Å². The molecule has 3 aromatic rings. The number of morpholine rings is 2. The van der Waals surface area contributed by atoms with Crippen molar-refractivity contribution in [2.45, 2.75) is 37.9 Å². The second-order valence-electron chi connectivity index (χ2n) is 9.62. The Morgan fingerprint density at radius 1 is 1.09 bits per heavy atom. The molecule has 3 aliphatic rings. The molecule has 3 saturated heterocycles. The summed E-state index contributed by atoms with van der Waals surface area (Å²) in [4.78, 5) is 13.4. The highest BCUT2D eigenvalue weighted by molar-refractivity contribution is 5.89. The van der Waals surface area contributed by atoms with Crippen LogP contribution < -0.4 is 4.90 Å². The summed E-state index contributed by atoms with van der Waals surface area (Å²) >= 11 is 0. The topological polar surface area (TPSA) is 73.9 Å². The van der Waals surface area contributed by atoms with Gasteiger partial charge >= 0.3 is 0 Å². The third-order valence-corrected chi connectivity index (χ3v) is 7.47. The average molecular weight is 473 g/mol. The first-order valence-corrected chi connectivity index (χ1v) is 12.7. The molecule has 5 heterocycles. The van der Waals surface area contributed by atoms with Gasteiger partial charge in [-0.25, -0.2) is 4.98 Å². The molecule has 2 atom stereocenters. The first-order chi connectivity index (χ1) is 17.3. The highest BCUT2D eigenvalue weighted by Crippen LogP contribution is 2.37. The highest BCUT2D eigenvalue weighted by atomic mass is 16.5. The van der Waals surface area contributed by atoms with E-state index in [1.807, 2.05) is 6.20 Å². The number of ether oxygens (including phenoxy) is 2. The first kappa shape index (κ1) is 22.6. The lowest BCUT2D eigenvalue weighted by Gasteiger charge is -2.34. The minimum atomic E-state index is 0.0709. The molecule has 1 aromatic carbocycles. The number of rotatable bonds is 5. The molecule has 2 aromatic heterocycles. The monoisotopic (exact) mass is 472 g/mol. The maximum absolute atomic E-state index is 9.09. The van der Waals surface area contributed by atoms with E-state index in [-0.39, 0.29) is 6.61 Å². The molecule has 0 amide bonds. The molecule has 2 unspecified atom stereocenters. The van der Waals surface area contributed by atoms with Gasteiger partial charge in [-0.1, -0.05) is 24.0 Å². The molecule has 182 valence electrons.